The van der Waals surface area contributed by atoms with Crippen LogP contribution in [0.15, 0.2) is 6.33 Å². The Morgan fingerprint density at radius 2 is 2.56 bits per heavy atom. The van der Waals surface area contributed by atoms with Gasteiger partial charge in [0.15, 0.2) is 0 Å². The molecule has 18 heavy (non-hydrogen) atoms. The minimum atomic E-state index is -0.132. The molecule has 1 aromatic heterocycles. The highest BCUT2D eigenvalue weighted by Gasteiger charge is 2.17. The van der Waals surface area contributed by atoms with Crippen LogP contribution in [0.3, 0.4) is 0 Å². The number of hydrogen-bond acceptors (Lipinski definition) is 4. The third-order valence-electron chi connectivity index (χ3n) is 3.19. The van der Waals surface area contributed by atoms with Gasteiger partial charge in [-0.25, -0.2) is 4.98 Å². The standard InChI is InChI=1S/C12H20N4O2/c1-9(12-13-8-14-16-12)15-11(17)6-5-10-4-2-3-7-18-10/h8-10H,2-7H2,1H3,(H,15,17)(H,13,14,16). The zero-order valence-corrected chi connectivity index (χ0v) is 10.7. The zero-order chi connectivity index (χ0) is 12.8. The highest BCUT2D eigenvalue weighted by Crippen LogP contribution is 2.17. The van der Waals surface area contributed by atoms with Crippen LogP contribution < -0.4 is 5.32 Å². The molecule has 0 radical (unpaired) electrons. The van der Waals surface area contributed by atoms with Gasteiger partial charge in [0.1, 0.15) is 12.2 Å². The molecule has 0 saturated carbocycles. The second-order valence-corrected chi connectivity index (χ2v) is 4.69. The number of carbonyl (C=O) groups excluding carboxylic acids is 1. The molecule has 1 aromatic rings. The van der Waals surface area contributed by atoms with E-state index < -0.39 is 0 Å². The first-order chi connectivity index (χ1) is 8.75. The van der Waals surface area contributed by atoms with Gasteiger partial charge < -0.3 is 10.1 Å². The van der Waals surface area contributed by atoms with E-state index >= 15 is 0 Å². The van der Waals surface area contributed by atoms with Gasteiger partial charge >= 0.3 is 0 Å². The lowest BCUT2D eigenvalue weighted by atomic mass is 10.0. The Kier molecular flexibility index (Phi) is 4.69. The van der Waals surface area contributed by atoms with Gasteiger partial charge in [0.2, 0.25) is 5.91 Å². The fourth-order valence-corrected chi connectivity index (χ4v) is 2.13. The van der Waals surface area contributed by atoms with Crippen LogP contribution in [0.5, 0.6) is 0 Å². The van der Waals surface area contributed by atoms with Crippen molar-refractivity contribution >= 4 is 5.91 Å². The molecule has 1 fully saturated rings. The summed E-state index contributed by atoms with van der Waals surface area (Å²) < 4.78 is 5.60. The Bertz CT molecular complexity index is 360. The van der Waals surface area contributed by atoms with Gasteiger partial charge in [0.25, 0.3) is 0 Å². The summed E-state index contributed by atoms with van der Waals surface area (Å²) in [4.78, 5) is 15.8. The summed E-state index contributed by atoms with van der Waals surface area (Å²) in [7, 11) is 0. The molecule has 2 heterocycles. The Labute approximate surface area is 107 Å². The second kappa shape index (κ2) is 6.49. The SMILES string of the molecule is CC(NC(=O)CCC1CCCCO1)c1ncn[nH]1. The fraction of sp³-hybridized carbons (Fsp3) is 0.750. The van der Waals surface area contributed by atoms with Crippen molar-refractivity contribution in [2.75, 3.05) is 6.61 Å². The summed E-state index contributed by atoms with van der Waals surface area (Å²) in [5.74, 6) is 0.713. The van der Waals surface area contributed by atoms with Crippen molar-refractivity contribution in [3.8, 4) is 0 Å². The number of rotatable bonds is 5. The first-order valence-electron chi connectivity index (χ1n) is 6.52. The molecule has 2 atom stereocenters. The minimum absolute atomic E-state index is 0.0353. The first-order valence-corrected chi connectivity index (χ1v) is 6.52. The Morgan fingerprint density at radius 1 is 1.67 bits per heavy atom. The quantitative estimate of drug-likeness (QED) is 0.828. The molecular formula is C12H20N4O2. The lowest BCUT2D eigenvalue weighted by Crippen LogP contribution is -2.29. The fourth-order valence-electron chi connectivity index (χ4n) is 2.13. The van der Waals surface area contributed by atoms with E-state index in [2.05, 4.69) is 20.5 Å². The van der Waals surface area contributed by atoms with Crippen molar-refractivity contribution in [3.63, 3.8) is 0 Å². The number of carbonyl (C=O) groups is 1. The molecule has 6 nitrogen and oxygen atoms in total. The summed E-state index contributed by atoms with van der Waals surface area (Å²) in [5, 5.41) is 9.40. The zero-order valence-electron chi connectivity index (χ0n) is 10.7. The first kappa shape index (κ1) is 13.0. The van der Waals surface area contributed by atoms with Gasteiger partial charge in [-0.2, -0.15) is 5.10 Å². The van der Waals surface area contributed by atoms with E-state index in [0.29, 0.717) is 12.2 Å². The number of aromatic amines is 1. The van der Waals surface area contributed by atoms with Gasteiger partial charge in [0, 0.05) is 13.0 Å². The number of H-pyrrole nitrogens is 1. The van der Waals surface area contributed by atoms with Crippen LogP contribution in [0.1, 0.15) is 50.9 Å². The maximum Gasteiger partial charge on any atom is 0.220 e. The molecule has 2 N–H and O–H groups in total. The van der Waals surface area contributed by atoms with E-state index in [0.717, 1.165) is 25.9 Å². The van der Waals surface area contributed by atoms with E-state index in [1.54, 1.807) is 0 Å². The molecule has 0 bridgehead atoms. The lowest BCUT2D eigenvalue weighted by Gasteiger charge is -2.22. The van der Waals surface area contributed by atoms with E-state index in [1.165, 1.54) is 12.7 Å². The average molecular weight is 252 g/mol. The molecule has 2 rings (SSSR count). The number of nitrogens with one attached hydrogen (secondary N) is 2. The van der Waals surface area contributed by atoms with Gasteiger partial charge in [-0.1, -0.05) is 0 Å². The molecule has 100 valence electrons. The van der Waals surface area contributed by atoms with Crippen LogP contribution in [-0.2, 0) is 9.53 Å². The Morgan fingerprint density at radius 3 is 3.22 bits per heavy atom. The number of ether oxygens (including phenoxy) is 1. The Hall–Kier alpha value is -1.43. The third kappa shape index (κ3) is 3.80. The maximum atomic E-state index is 11.8. The Balaban J connectivity index is 1.68. The van der Waals surface area contributed by atoms with Crippen molar-refractivity contribution < 1.29 is 9.53 Å². The molecule has 1 aliphatic rings. The number of amides is 1. The van der Waals surface area contributed by atoms with Crippen molar-refractivity contribution in [1.82, 2.24) is 20.5 Å². The summed E-state index contributed by atoms with van der Waals surface area (Å²) in [6.07, 6.45) is 6.42. The average Bonchev–Trinajstić information content (AvgIpc) is 2.91. The summed E-state index contributed by atoms with van der Waals surface area (Å²) in [5.41, 5.74) is 0. The highest BCUT2D eigenvalue weighted by molar-refractivity contribution is 5.76. The van der Waals surface area contributed by atoms with E-state index in [4.69, 9.17) is 4.74 Å². The third-order valence-corrected chi connectivity index (χ3v) is 3.19. The van der Waals surface area contributed by atoms with Crippen molar-refractivity contribution in [1.29, 1.82) is 0 Å². The predicted molar refractivity (Wildman–Crippen MR) is 65.8 cm³/mol. The number of aromatic nitrogens is 3. The molecule has 0 aliphatic carbocycles. The predicted octanol–water partition coefficient (Wildman–Crippen LogP) is 1.33. The molecule has 1 amide bonds. The van der Waals surface area contributed by atoms with Gasteiger partial charge in [-0.3, -0.25) is 9.89 Å². The molecule has 2 unspecified atom stereocenters. The molecular weight excluding hydrogens is 232 g/mol. The van der Waals surface area contributed by atoms with Crippen LogP contribution in [0.2, 0.25) is 0 Å². The molecule has 0 spiro atoms. The van der Waals surface area contributed by atoms with Crippen LogP contribution >= 0.6 is 0 Å². The minimum Gasteiger partial charge on any atom is -0.378 e. The van der Waals surface area contributed by atoms with E-state index in [1.807, 2.05) is 6.92 Å². The second-order valence-electron chi connectivity index (χ2n) is 4.69. The largest absolute Gasteiger partial charge is 0.378 e. The van der Waals surface area contributed by atoms with Gasteiger partial charge in [0.05, 0.1) is 12.1 Å². The van der Waals surface area contributed by atoms with Crippen molar-refractivity contribution in [3.05, 3.63) is 12.2 Å². The van der Waals surface area contributed by atoms with Crippen molar-refractivity contribution in [2.24, 2.45) is 0 Å². The summed E-state index contributed by atoms with van der Waals surface area (Å²) in [6, 6.07) is -0.132. The van der Waals surface area contributed by atoms with Crippen LogP contribution in [0.4, 0.5) is 0 Å². The molecule has 6 heteroatoms. The number of hydrogen-bond donors (Lipinski definition) is 2. The topological polar surface area (TPSA) is 79.9 Å². The van der Waals surface area contributed by atoms with Gasteiger partial charge in [-0.05, 0) is 32.6 Å². The molecule has 0 aromatic carbocycles. The molecule has 1 aliphatic heterocycles. The highest BCUT2D eigenvalue weighted by atomic mass is 16.5. The van der Waals surface area contributed by atoms with E-state index in [-0.39, 0.29) is 18.1 Å². The van der Waals surface area contributed by atoms with E-state index in [9.17, 15) is 4.79 Å². The normalized spacial score (nSPS) is 21.5. The smallest absolute Gasteiger partial charge is 0.220 e. The monoisotopic (exact) mass is 252 g/mol. The van der Waals surface area contributed by atoms with Crippen LogP contribution in [0, 0.1) is 0 Å². The summed E-state index contributed by atoms with van der Waals surface area (Å²) in [6.45, 7) is 2.72. The van der Waals surface area contributed by atoms with Crippen molar-refractivity contribution in [2.45, 2.75) is 51.2 Å². The number of nitrogens with zero attached hydrogens (tertiary/aromatic N) is 2. The summed E-state index contributed by atoms with van der Waals surface area (Å²) >= 11 is 0. The maximum absolute atomic E-state index is 11.8. The van der Waals surface area contributed by atoms with Crippen LogP contribution in [0.25, 0.3) is 0 Å². The molecule has 1 saturated heterocycles. The van der Waals surface area contributed by atoms with Gasteiger partial charge in [-0.15, -0.1) is 0 Å². The van der Waals surface area contributed by atoms with Crippen LogP contribution in [-0.4, -0.2) is 33.8 Å². The lowest BCUT2D eigenvalue weighted by molar-refractivity contribution is -0.122.